The number of rotatable bonds is 4. The Hall–Kier alpha value is -3.48. The highest BCUT2D eigenvalue weighted by molar-refractivity contribution is 6.06. The molecule has 0 unspecified atom stereocenters. The molecule has 0 aliphatic rings. The second-order valence-electron chi connectivity index (χ2n) is 6.97. The van der Waals surface area contributed by atoms with Gasteiger partial charge >= 0.3 is 0 Å². The molecule has 0 bridgehead atoms. The fourth-order valence-electron chi connectivity index (χ4n) is 3.32. The molecule has 4 rings (SSSR count). The number of nitrogens with one attached hydrogen (secondary N) is 1. The number of hydrogen-bond acceptors (Lipinski definition) is 5. The molecule has 0 aliphatic heterocycles. The van der Waals surface area contributed by atoms with Crippen LogP contribution < -0.4 is 10.1 Å². The Labute approximate surface area is 162 Å². The lowest BCUT2D eigenvalue weighted by atomic mass is 10.2. The Bertz CT molecular complexity index is 1180. The molecular weight excluding hydrogens is 354 g/mol. The number of carbonyl (C=O) groups excluding carboxylic acids is 1. The van der Waals surface area contributed by atoms with Crippen LogP contribution in [0.2, 0.25) is 0 Å². The molecule has 28 heavy (non-hydrogen) atoms. The van der Waals surface area contributed by atoms with Gasteiger partial charge in [-0.25, -0.2) is 0 Å². The first-order chi connectivity index (χ1) is 13.5. The number of anilines is 1. The van der Waals surface area contributed by atoms with Crippen molar-refractivity contribution >= 4 is 33.9 Å². The number of carbonyl (C=O) groups is 1. The molecule has 7 nitrogen and oxygen atoms in total. The average Bonchev–Trinajstić information content (AvgIpc) is 3.01. The van der Waals surface area contributed by atoms with Crippen LogP contribution in [0.15, 0.2) is 42.5 Å². The van der Waals surface area contributed by atoms with Gasteiger partial charge in [0.15, 0.2) is 5.65 Å². The minimum atomic E-state index is -0.299. The summed E-state index contributed by atoms with van der Waals surface area (Å²) >= 11 is 0. The zero-order chi connectivity index (χ0) is 19.8. The maximum atomic E-state index is 12.5. The number of methoxy groups -OCH3 is 1. The topological polar surface area (TPSA) is 81.9 Å². The predicted octanol–water partition coefficient (Wildman–Crippen LogP) is 4.13. The van der Waals surface area contributed by atoms with E-state index < -0.39 is 0 Å². The number of aryl methyl sites for hydroxylation is 1. The first-order valence-electron chi connectivity index (χ1n) is 9.08. The van der Waals surface area contributed by atoms with Crippen molar-refractivity contribution in [3.05, 3.63) is 53.6 Å². The van der Waals surface area contributed by atoms with E-state index in [9.17, 15) is 4.79 Å². The molecule has 0 atom stereocenters. The van der Waals surface area contributed by atoms with Gasteiger partial charge in [0.2, 0.25) is 0 Å². The van der Waals surface area contributed by atoms with E-state index in [1.165, 1.54) is 0 Å². The van der Waals surface area contributed by atoms with Crippen molar-refractivity contribution < 1.29 is 9.53 Å². The smallest absolute Gasteiger partial charge is 0.258 e. The number of benzene rings is 2. The van der Waals surface area contributed by atoms with E-state index in [4.69, 9.17) is 4.74 Å². The number of hydrogen-bond donors (Lipinski definition) is 1. The largest absolute Gasteiger partial charge is 0.497 e. The van der Waals surface area contributed by atoms with Gasteiger partial charge in [-0.15, -0.1) is 10.2 Å². The molecule has 4 aromatic rings. The zero-order valence-corrected chi connectivity index (χ0v) is 16.2. The fraction of sp³-hybridized carbons (Fsp3) is 0.238. The summed E-state index contributed by atoms with van der Waals surface area (Å²) in [7, 11) is 1.58. The van der Waals surface area contributed by atoms with Gasteiger partial charge in [0, 0.05) is 17.0 Å². The van der Waals surface area contributed by atoms with Crippen molar-refractivity contribution in [2.45, 2.75) is 26.8 Å². The van der Waals surface area contributed by atoms with E-state index in [-0.39, 0.29) is 17.9 Å². The lowest BCUT2D eigenvalue weighted by Crippen LogP contribution is -2.15. The number of nitrogens with zero attached hydrogens (tertiary/aromatic N) is 4. The van der Waals surface area contributed by atoms with E-state index in [1.54, 1.807) is 31.4 Å². The van der Waals surface area contributed by atoms with Crippen LogP contribution >= 0.6 is 0 Å². The Morgan fingerprint density at radius 2 is 1.86 bits per heavy atom. The number of fused-ring (bicyclic) bond motifs is 3. The van der Waals surface area contributed by atoms with Crippen molar-refractivity contribution in [2.75, 3.05) is 12.4 Å². The van der Waals surface area contributed by atoms with E-state index in [2.05, 4.69) is 57.1 Å². The van der Waals surface area contributed by atoms with E-state index >= 15 is 0 Å². The number of ether oxygens (including phenoxy) is 1. The Morgan fingerprint density at radius 1 is 1.11 bits per heavy atom. The Morgan fingerprint density at radius 3 is 2.54 bits per heavy atom. The molecule has 0 fully saturated rings. The molecule has 7 heteroatoms. The van der Waals surface area contributed by atoms with Crippen molar-refractivity contribution in [3.63, 3.8) is 0 Å². The average molecular weight is 375 g/mol. The van der Waals surface area contributed by atoms with Crippen molar-refractivity contribution in [1.82, 2.24) is 19.7 Å². The summed E-state index contributed by atoms with van der Waals surface area (Å²) in [5.41, 5.74) is 4.13. The summed E-state index contributed by atoms with van der Waals surface area (Å²) in [6.45, 7) is 6.23. The summed E-state index contributed by atoms with van der Waals surface area (Å²) in [6.07, 6.45) is 0. The first-order valence-corrected chi connectivity index (χ1v) is 9.08. The Kier molecular flexibility index (Phi) is 4.43. The van der Waals surface area contributed by atoms with Gasteiger partial charge in [0.1, 0.15) is 11.3 Å². The molecule has 0 spiro atoms. The maximum Gasteiger partial charge on any atom is 0.258 e. The van der Waals surface area contributed by atoms with Crippen molar-refractivity contribution in [3.8, 4) is 5.75 Å². The summed E-state index contributed by atoms with van der Waals surface area (Å²) < 4.78 is 7.23. The zero-order valence-electron chi connectivity index (χ0n) is 16.2. The molecule has 2 aromatic carbocycles. The fourth-order valence-corrected chi connectivity index (χ4v) is 3.32. The third-order valence-electron chi connectivity index (χ3n) is 4.66. The summed E-state index contributed by atoms with van der Waals surface area (Å²) in [6, 6.07) is 13.3. The second-order valence-corrected chi connectivity index (χ2v) is 6.97. The van der Waals surface area contributed by atoms with Crippen LogP contribution in [-0.2, 0) is 0 Å². The minimum Gasteiger partial charge on any atom is -0.497 e. The van der Waals surface area contributed by atoms with Gasteiger partial charge in [-0.3, -0.25) is 10.1 Å². The molecule has 1 amide bonds. The van der Waals surface area contributed by atoms with Crippen LogP contribution in [0.4, 0.5) is 5.95 Å². The lowest BCUT2D eigenvalue weighted by Gasteiger charge is -2.11. The maximum absolute atomic E-state index is 12.5. The first kappa shape index (κ1) is 17.9. The molecule has 142 valence electrons. The number of amides is 1. The van der Waals surface area contributed by atoms with Gasteiger partial charge in [0.05, 0.1) is 12.6 Å². The predicted molar refractivity (Wildman–Crippen MR) is 109 cm³/mol. The van der Waals surface area contributed by atoms with Gasteiger partial charge < -0.3 is 9.30 Å². The SMILES string of the molecule is COc1ccc(C(=O)Nc2nnc3c4cc(C)ccc4n(C(C)C)c3n2)cc1. The van der Waals surface area contributed by atoms with E-state index in [0.29, 0.717) is 17.0 Å². The molecule has 2 aromatic heterocycles. The van der Waals surface area contributed by atoms with Gasteiger partial charge in [0.25, 0.3) is 11.9 Å². The summed E-state index contributed by atoms with van der Waals surface area (Å²) in [5.74, 6) is 0.564. The van der Waals surface area contributed by atoms with Gasteiger partial charge in [-0.1, -0.05) is 11.6 Å². The molecule has 0 radical (unpaired) electrons. The van der Waals surface area contributed by atoms with E-state index in [1.807, 2.05) is 6.92 Å². The van der Waals surface area contributed by atoms with E-state index in [0.717, 1.165) is 22.0 Å². The van der Waals surface area contributed by atoms with Crippen LogP contribution in [0.1, 0.15) is 35.8 Å². The van der Waals surface area contributed by atoms with Gasteiger partial charge in [-0.05, 0) is 57.2 Å². The molecule has 0 aliphatic carbocycles. The van der Waals surface area contributed by atoms with Crippen LogP contribution in [0, 0.1) is 6.92 Å². The molecule has 2 heterocycles. The normalized spacial score (nSPS) is 11.3. The molecule has 0 saturated heterocycles. The van der Waals surface area contributed by atoms with Crippen molar-refractivity contribution in [2.24, 2.45) is 0 Å². The number of aromatic nitrogens is 4. The van der Waals surface area contributed by atoms with Crippen LogP contribution in [-0.4, -0.2) is 32.8 Å². The van der Waals surface area contributed by atoms with Crippen LogP contribution in [0.25, 0.3) is 22.1 Å². The standard InChI is InChI=1S/C21H21N5O2/c1-12(2)26-17-10-5-13(3)11-16(17)18-19(26)22-21(25-24-18)23-20(27)14-6-8-15(28-4)9-7-14/h5-12H,1-4H3,(H,22,23,25,27). The molecular formula is C21H21N5O2. The lowest BCUT2D eigenvalue weighted by molar-refractivity contribution is 0.102. The Balaban J connectivity index is 1.75. The van der Waals surface area contributed by atoms with Crippen LogP contribution in [0.5, 0.6) is 5.75 Å². The monoisotopic (exact) mass is 375 g/mol. The molecule has 1 N–H and O–H groups in total. The summed E-state index contributed by atoms with van der Waals surface area (Å²) in [4.78, 5) is 17.1. The van der Waals surface area contributed by atoms with Gasteiger partial charge in [-0.2, -0.15) is 4.98 Å². The minimum absolute atomic E-state index is 0.176. The highest BCUT2D eigenvalue weighted by Gasteiger charge is 2.18. The quantitative estimate of drug-likeness (QED) is 0.580. The third-order valence-corrected chi connectivity index (χ3v) is 4.66. The summed E-state index contributed by atoms with van der Waals surface area (Å²) in [5, 5.41) is 12.2. The van der Waals surface area contributed by atoms with Crippen molar-refractivity contribution in [1.29, 1.82) is 0 Å². The second kappa shape index (κ2) is 6.92. The van der Waals surface area contributed by atoms with Crippen LogP contribution in [0.3, 0.4) is 0 Å². The molecule has 0 saturated carbocycles. The highest BCUT2D eigenvalue weighted by Crippen LogP contribution is 2.30. The highest BCUT2D eigenvalue weighted by atomic mass is 16.5. The third kappa shape index (κ3) is 3.05.